The molecule has 4 nitrogen and oxygen atoms in total. The fourth-order valence-electron chi connectivity index (χ4n) is 2.93. The third-order valence-corrected chi connectivity index (χ3v) is 4.53. The molecule has 3 rings (SSSR count). The minimum atomic E-state index is 0.0102. The van der Waals surface area contributed by atoms with Gasteiger partial charge < -0.3 is 14.6 Å². The van der Waals surface area contributed by atoms with Crippen molar-refractivity contribution in [1.82, 2.24) is 10.2 Å². The molecule has 1 aliphatic rings. The molecule has 0 bridgehead atoms. The van der Waals surface area contributed by atoms with Gasteiger partial charge in [-0.3, -0.25) is 4.79 Å². The molecule has 0 unspecified atom stereocenters. The van der Waals surface area contributed by atoms with Crippen molar-refractivity contribution in [2.24, 2.45) is 0 Å². The van der Waals surface area contributed by atoms with Crippen LogP contribution in [0.5, 0.6) is 0 Å². The number of aryl methyl sites for hydroxylation is 2. The maximum Gasteiger partial charge on any atom is 0.289 e. The second-order valence-corrected chi connectivity index (χ2v) is 5.94. The number of benzene rings is 1. The molecule has 1 aromatic heterocycles. The average Bonchev–Trinajstić information content (AvgIpc) is 2.90. The van der Waals surface area contributed by atoms with Crippen molar-refractivity contribution >= 4 is 16.9 Å². The third kappa shape index (κ3) is 2.68. The average molecular weight is 286 g/mol. The van der Waals surface area contributed by atoms with E-state index in [9.17, 15) is 4.79 Å². The molecule has 0 radical (unpaired) electrons. The minimum absolute atomic E-state index is 0.0102. The molecule has 2 aromatic rings. The quantitative estimate of drug-likeness (QED) is 0.923. The number of carbonyl (C=O) groups is 1. The summed E-state index contributed by atoms with van der Waals surface area (Å²) >= 11 is 0. The highest BCUT2D eigenvalue weighted by molar-refractivity contribution is 5.96. The van der Waals surface area contributed by atoms with Gasteiger partial charge in [0, 0.05) is 24.5 Å². The fourth-order valence-corrected chi connectivity index (χ4v) is 2.93. The fraction of sp³-hybridized carbons (Fsp3) is 0.471. The zero-order chi connectivity index (χ0) is 15.0. The summed E-state index contributed by atoms with van der Waals surface area (Å²) in [5.74, 6) is 0.467. The number of fused-ring (bicyclic) bond motifs is 1. The number of carbonyl (C=O) groups excluding carboxylic acids is 1. The van der Waals surface area contributed by atoms with Crippen molar-refractivity contribution in [3.8, 4) is 0 Å². The van der Waals surface area contributed by atoms with Crippen LogP contribution in [0.3, 0.4) is 0 Å². The third-order valence-electron chi connectivity index (χ3n) is 4.53. The van der Waals surface area contributed by atoms with E-state index >= 15 is 0 Å². The second kappa shape index (κ2) is 5.53. The lowest BCUT2D eigenvalue weighted by atomic mass is 10.1. The lowest BCUT2D eigenvalue weighted by Gasteiger charge is -2.31. The normalized spacial score (nSPS) is 16.6. The molecular weight excluding hydrogens is 264 g/mol. The maximum atomic E-state index is 12.5. The van der Waals surface area contributed by atoms with Crippen molar-refractivity contribution in [1.29, 1.82) is 0 Å². The number of amides is 1. The Labute approximate surface area is 125 Å². The number of rotatable bonds is 2. The van der Waals surface area contributed by atoms with Gasteiger partial charge in [0.2, 0.25) is 0 Å². The van der Waals surface area contributed by atoms with Crippen LogP contribution in [0.4, 0.5) is 0 Å². The monoisotopic (exact) mass is 286 g/mol. The van der Waals surface area contributed by atoms with Crippen LogP contribution in [-0.2, 0) is 0 Å². The van der Waals surface area contributed by atoms with Crippen LogP contribution in [0.1, 0.15) is 34.5 Å². The van der Waals surface area contributed by atoms with Crippen molar-refractivity contribution in [3.05, 3.63) is 35.1 Å². The first-order valence-electron chi connectivity index (χ1n) is 7.56. The van der Waals surface area contributed by atoms with Crippen LogP contribution in [-0.4, -0.2) is 37.0 Å². The summed E-state index contributed by atoms with van der Waals surface area (Å²) in [6.45, 7) is 5.71. The first-order valence-corrected chi connectivity index (χ1v) is 7.56. The molecule has 1 amide bonds. The molecule has 0 spiro atoms. The van der Waals surface area contributed by atoms with Gasteiger partial charge in [-0.2, -0.15) is 0 Å². The Morgan fingerprint density at radius 3 is 2.52 bits per heavy atom. The Morgan fingerprint density at radius 1 is 1.19 bits per heavy atom. The topological polar surface area (TPSA) is 45.5 Å². The van der Waals surface area contributed by atoms with E-state index in [2.05, 4.69) is 25.2 Å². The number of nitrogens with zero attached hydrogens (tertiary/aromatic N) is 1. The predicted octanol–water partition coefficient (Wildman–Crippen LogP) is 2.87. The van der Waals surface area contributed by atoms with E-state index in [1.165, 1.54) is 11.1 Å². The molecule has 0 atom stereocenters. The highest BCUT2D eigenvalue weighted by Gasteiger charge is 2.25. The smallest absolute Gasteiger partial charge is 0.289 e. The largest absolute Gasteiger partial charge is 0.451 e. The van der Waals surface area contributed by atoms with E-state index in [0.29, 0.717) is 11.8 Å². The number of hydrogen-bond donors (Lipinski definition) is 1. The van der Waals surface area contributed by atoms with Gasteiger partial charge in [-0.25, -0.2) is 0 Å². The number of likely N-dealkylation sites (tertiary alicyclic amines) is 1. The van der Waals surface area contributed by atoms with E-state index in [0.717, 1.165) is 36.9 Å². The number of furan rings is 1. The Balaban J connectivity index is 1.82. The zero-order valence-electron chi connectivity index (χ0n) is 12.9. The summed E-state index contributed by atoms with van der Waals surface area (Å²) in [5.41, 5.74) is 3.20. The Kier molecular flexibility index (Phi) is 3.72. The molecule has 112 valence electrons. The van der Waals surface area contributed by atoms with Gasteiger partial charge in [0.1, 0.15) is 5.58 Å². The van der Waals surface area contributed by atoms with Gasteiger partial charge >= 0.3 is 0 Å². The summed E-state index contributed by atoms with van der Waals surface area (Å²) in [7, 11) is 1.98. The molecule has 0 saturated carbocycles. The Hall–Kier alpha value is -1.81. The summed E-state index contributed by atoms with van der Waals surface area (Å²) in [5, 5.41) is 4.28. The molecule has 2 heterocycles. The van der Waals surface area contributed by atoms with Gasteiger partial charge in [-0.1, -0.05) is 0 Å². The van der Waals surface area contributed by atoms with Crippen LogP contribution >= 0.6 is 0 Å². The molecule has 1 saturated heterocycles. The van der Waals surface area contributed by atoms with Gasteiger partial charge in [0.25, 0.3) is 5.91 Å². The van der Waals surface area contributed by atoms with Gasteiger partial charge in [-0.05, 0) is 63.1 Å². The molecule has 1 aromatic carbocycles. The van der Waals surface area contributed by atoms with Gasteiger partial charge in [-0.15, -0.1) is 0 Å². The van der Waals surface area contributed by atoms with Crippen molar-refractivity contribution in [3.63, 3.8) is 0 Å². The van der Waals surface area contributed by atoms with Crippen molar-refractivity contribution in [2.75, 3.05) is 20.1 Å². The molecule has 1 fully saturated rings. The molecule has 21 heavy (non-hydrogen) atoms. The highest BCUT2D eigenvalue weighted by atomic mass is 16.3. The highest BCUT2D eigenvalue weighted by Crippen LogP contribution is 2.24. The molecular formula is C17H22N2O2. The summed E-state index contributed by atoms with van der Waals surface area (Å²) in [6.07, 6.45) is 2.00. The molecule has 1 aliphatic heterocycles. The number of nitrogens with one attached hydrogen (secondary N) is 1. The van der Waals surface area contributed by atoms with Crippen LogP contribution in [0.25, 0.3) is 11.0 Å². The zero-order valence-corrected chi connectivity index (χ0v) is 12.9. The van der Waals surface area contributed by atoms with E-state index in [4.69, 9.17) is 4.42 Å². The van der Waals surface area contributed by atoms with Crippen LogP contribution < -0.4 is 5.32 Å². The van der Waals surface area contributed by atoms with Gasteiger partial charge in [0.05, 0.1) is 0 Å². The van der Waals surface area contributed by atoms with Crippen molar-refractivity contribution in [2.45, 2.75) is 32.7 Å². The first kappa shape index (κ1) is 14.1. The van der Waals surface area contributed by atoms with Gasteiger partial charge in [0.15, 0.2) is 5.76 Å². The van der Waals surface area contributed by atoms with Crippen LogP contribution in [0.2, 0.25) is 0 Å². The van der Waals surface area contributed by atoms with E-state index < -0.39 is 0 Å². The number of hydrogen-bond acceptors (Lipinski definition) is 3. The lowest BCUT2D eigenvalue weighted by Crippen LogP contribution is -2.43. The van der Waals surface area contributed by atoms with E-state index in [1.54, 1.807) is 0 Å². The molecule has 0 aliphatic carbocycles. The van der Waals surface area contributed by atoms with Crippen LogP contribution in [0.15, 0.2) is 22.6 Å². The summed E-state index contributed by atoms with van der Waals surface area (Å²) in [6, 6.07) is 6.48. The molecule has 1 N–H and O–H groups in total. The Morgan fingerprint density at radius 2 is 1.86 bits per heavy atom. The minimum Gasteiger partial charge on any atom is -0.451 e. The summed E-state index contributed by atoms with van der Waals surface area (Å²) in [4.78, 5) is 14.4. The SMILES string of the molecule is CNC1CCN(C(=O)c2cc3cc(C)c(C)cc3o2)CC1. The Bertz CT molecular complexity index is 628. The van der Waals surface area contributed by atoms with Crippen LogP contribution in [0, 0.1) is 13.8 Å². The predicted molar refractivity (Wildman–Crippen MR) is 83.7 cm³/mol. The standard InChI is InChI=1S/C17H22N2O2/c1-11-8-13-10-16(21-15(13)9-12(11)2)17(20)19-6-4-14(18-3)5-7-19/h8-10,14,18H,4-7H2,1-3H3. The van der Waals surface area contributed by atoms with Crippen molar-refractivity contribution < 1.29 is 9.21 Å². The molecule has 4 heteroatoms. The first-order chi connectivity index (χ1) is 10.1. The lowest BCUT2D eigenvalue weighted by molar-refractivity contribution is 0.0677. The summed E-state index contributed by atoms with van der Waals surface area (Å²) < 4.78 is 5.77. The maximum absolute atomic E-state index is 12.5. The van der Waals surface area contributed by atoms with E-state index in [-0.39, 0.29) is 5.91 Å². The van der Waals surface area contributed by atoms with E-state index in [1.807, 2.05) is 24.1 Å². The second-order valence-electron chi connectivity index (χ2n) is 5.94. The number of piperidine rings is 1.